The lowest BCUT2D eigenvalue weighted by molar-refractivity contribution is -0.118. The van der Waals surface area contributed by atoms with Crippen LogP contribution in [0.2, 0.25) is 5.02 Å². The van der Waals surface area contributed by atoms with Crippen LogP contribution in [0.3, 0.4) is 0 Å². The topological polar surface area (TPSA) is 111 Å². The zero-order valence-corrected chi connectivity index (χ0v) is 19.7. The van der Waals surface area contributed by atoms with E-state index in [1.54, 1.807) is 30.3 Å². The second-order valence-electron chi connectivity index (χ2n) is 7.57. The minimum atomic E-state index is -3.69. The first kappa shape index (κ1) is 24.7. The first-order valence-electron chi connectivity index (χ1n) is 10.3. The molecule has 0 atom stereocenters. The largest absolute Gasteiger partial charge is 0.483 e. The number of rotatable bonds is 10. The van der Waals surface area contributed by atoms with Crippen LogP contribution in [0, 0.1) is 6.92 Å². The van der Waals surface area contributed by atoms with Gasteiger partial charge >= 0.3 is 0 Å². The molecule has 4 N–H and O–H groups in total. The van der Waals surface area contributed by atoms with Crippen molar-refractivity contribution >= 4 is 33.2 Å². The molecular formula is C24H26ClN3O4S. The minimum absolute atomic E-state index is 0.0892. The van der Waals surface area contributed by atoms with Crippen LogP contribution in [0.15, 0.2) is 71.6 Å². The van der Waals surface area contributed by atoms with Crippen LogP contribution in [0.25, 0.3) is 0 Å². The van der Waals surface area contributed by atoms with E-state index in [1.165, 1.54) is 12.1 Å². The van der Waals surface area contributed by atoms with Gasteiger partial charge in [0.1, 0.15) is 5.75 Å². The number of carbonyl (C=O) groups excluding carboxylic acids is 1. The third kappa shape index (κ3) is 7.87. The number of sulfonamides is 1. The molecule has 0 fully saturated rings. The molecule has 174 valence electrons. The van der Waals surface area contributed by atoms with E-state index in [2.05, 4.69) is 10.6 Å². The Morgan fingerprint density at radius 1 is 1.03 bits per heavy atom. The number of amides is 1. The number of aryl methyl sites for hydroxylation is 1. The third-order valence-corrected chi connectivity index (χ3v) is 6.04. The van der Waals surface area contributed by atoms with Gasteiger partial charge in [-0.3, -0.25) is 4.79 Å². The summed E-state index contributed by atoms with van der Waals surface area (Å²) in [5, 5.41) is 11.8. The summed E-state index contributed by atoms with van der Waals surface area (Å²) < 4.78 is 28.4. The zero-order chi connectivity index (χ0) is 23.8. The van der Waals surface area contributed by atoms with E-state index in [0.717, 1.165) is 16.7 Å². The Balaban J connectivity index is 1.50. The first-order chi connectivity index (χ1) is 15.7. The number of nitrogens with one attached hydrogen (secondary N) is 2. The molecule has 3 rings (SSSR count). The lowest BCUT2D eigenvalue weighted by Gasteiger charge is -2.13. The van der Waals surface area contributed by atoms with Crippen LogP contribution in [0.4, 0.5) is 5.69 Å². The number of hydrogen-bond acceptors (Lipinski definition) is 5. The molecule has 3 aromatic rings. The van der Waals surface area contributed by atoms with Crippen molar-refractivity contribution in [1.29, 1.82) is 0 Å². The molecule has 3 aromatic carbocycles. The van der Waals surface area contributed by atoms with E-state index in [1.807, 2.05) is 31.2 Å². The summed E-state index contributed by atoms with van der Waals surface area (Å²) in [4.78, 5) is 12.3. The van der Waals surface area contributed by atoms with Crippen LogP contribution in [-0.2, 0) is 27.8 Å². The quantitative estimate of drug-likeness (QED) is 0.378. The molecular weight excluding hydrogens is 462 g/mol. The highest BCUT2D eigenvalue weighted by molar-refractivity contribution is 7.89. The van der Waals surface area contributed by atoms with Gasteiger partial charge in [0, 0.05) is 22.8 Å². The van der Waals surface area contributed by atoms with Crippen molar-refractivity contribution in [3.8, 4) is 5.75 Å². The molecule has 0 spiro atoms. The third-order valence-electron chi connectivity index (χ3n) is 4.87. The summed E-state index contributed by atoms with van der Waals surface area (Å²) in [7, 11) is -3.69. The van der Waals surface area contributed by atoms with E-state index in [0.29, 0.717) is 36.0 Å². The average Bonchev–Trinajstić information content (AvgIpc) is 2.77. The van der Waals surface area contributed by atoms with Crippen molar-refractivity contribution in [3.63, 3.8) is 0 Å². The summed E-state index contributed by atoms with van der Waals surface area (Å²) >= 11 is 6.14. The standard InChI is InChI=1S/C24H26ClN3O4S/c1-17-2-7-21(8-3-17)28-24(29)16-32-23-11-6-20(25)14-19(23)15-27-13-12-18-4-9-22(10-5-18)33(26,30)31/h2-11,14,27H,12-13,15-16H2,1H3,(H,28,29)(H2,26,30,31). The van der Waals surface area contributed by atoms with Gasteiger partial charge in [-0.05, 0) is 67.9 Å². The van der Waals surface area contributed by atoms with Gasteiger partial charge in [-0.2, -0.15) is 0 Å². The fourth-order valence-electron chi connectivity index (χ4n) is 3.11. The van der Waals surface area contributed by atoms with Gasteiger partial charge in [0.2, 0.25) is 10.0 Å². The number of carbonyl (C=O) groups is 1. The lowest BCUT2D eigenvalue weighted by atomic mass is 10.1. The van der Waals surface area contributed by atoms with Crippen molar-refractivity contribution in [2.24, 2.45) is 5.14 Å². The number of hydrogen-bond donors (Lipinski definition) is 3. The number of ether oxygens (including phenoxy) is 1. The zero-order valence-electron chi connectivity index (χ0n) is 18.2. The molecule has 0 aliphatic rings. The Bertz CT molecular complexity index is 1200. The number of anilines is 1. The maximum atomic E-state index is 12.2. The van der Waals surface area contributed by atoms with E-state index < -0.39 is 10.0 Å². The van der Waals surface area contributed by atoms with Gasteiger partial charge < -0.3 is 15.4 Å². The van der Waals surface area contributed by atoms with E-state index in [4.69, 9.17) is 21.5 Å². The summed E-state index contributed by atoms with van der Waals surface area (Å²) in [5.74, 6) is 0.319. The normalized spacial score (nSPS) is 11.2. The smallest absolute Gasteiger partial charge is 0.262 e. The molecule has 9 heteroatoms. The fraction of sp³-hybridized carbons (Fsp3) is 0.208. The van der Waals surface area contributed by atoms with Crippen LogP contribution in [-0.4, -0.2) is 27.5 Å². The molecule has 33 heavy (non-hydrogen) atoms. The number of primary sulfonamides is 1. The first-order valence-corrected chi connectivity index (χ1v) is 12.2. The Morgan fingerprint density at radius 3 is 2.39 bits per heavy atom. The van der Waals surface area contributed by atoms with Gasteiger partial charge in [-0.25, -0.2) is 13.6 Å². The molecule has 7 nitrogen and oxygen atoms in total. The predicted molar refractivity (Wildman–Crippen MR) is 130 cm³/mol. The average molecular weight is 488 g/mol. The summed E-state index contributed by atoms with van der Waals surface area (Å²) in [5.41, 5.74) is 3.63. The summed E-state index contributed by atoms with van der Waals surface area (Å²) in [6, 6.07) is 19.2. The van der Waals surface area contributed by atoms with Crippen molar-refractivity contribution in [2.75, 3.05) is 18.5 Å². The predicted octanol–water partition coefficient (Wildman–Crippen LogP) is 3.65. The minimum Gasteiger partial charge on any atom is -0.483 e. The Labute approximate surface area is 199 Å². The van der Waals surface area contributed by atoms with Crippen LogP contribution in [0.1, 0.15) is 16.7 Å². The molecule has 0 aliphatic carbocycles. The SMILES string of the molecule is Cc1ccc(NC(=O)COc2ccc(Cl)cc2CNCCc2ccc(S(N)(=O)=O)cc2)cc1. The second kappa shape index (κ2) is 11.3. The summed E-state index contributed by atoms with van der Waals surface area (Å²) in [6.07, 6.45) is 0.695. The molecule has 0 saturated carbocycles. The number of benzene rings is 3. The highest BCUT2D eigenvalue weighted by Crippen LogP contribution is 2.23. The van der Waals surface area contributed by atoms with E-state index in [-0.39, 0.29) is 17.4 Å². The van der Waals surface area contributed by atoms with E-state index >= 15 is 0 Å². The molecule has 1 amide bonds. The maximum absolute atomic E-state index is 12.2. The van der Waals surface area contributed by atoms with Gasteiger partial charge in [0.15, 0.2) is 6.61 Å². The molecule has 0 bridgehead atoms. The van der Waals surface area contributed by atoms with Crippen LogP contribution >= 0.6 is 11.6 Å². The van der Waals surface area contributed by atoms with Crippen molar-refractivity contribution in [3.05, 3.63) is 88.4 Å². The molecule has 0 heterocycles. The van der Waals surface area contributed by atoms with Crippen molar-refractivity contribution < 1.29 is 17.9 Å². The molecule has 0 aromatic heterocycles. The van der Waals surface area contributed by atoms with Gasteiger partial charge in [0.05, 0.1) is 4.90 Å². The Kier molecular flexibility index (Phi) is 8.46. The Morgan fingerprint density at radius 2 is 1.73 bits per heavy atom. The number of nitrogens with two attached hydrogens (primary N) is 1. The monoisotopic (exact) mass is 487 g/mol. The highest BCUT2D eigenvalue weighted by atomic mass is 35.5. The van der Waals surface area contributed by atoms with Gasteiger partial charge in [-0.15, -0.1) is 0 Å². The van der Waals surface area contributed by atoms with Crippen molar-refractivity contribution in [1.82, 2.24) is 5.32 Å². The van der Waals surface area contributed by atoms with Gasteiger partial charge in [-0.1, -0.05) is 41.4 Å². The Hall–Kier alpha value is -2.91. The number of halogens is 1. The highest BCUT2D eigenvalue weighted by Gasteiger charge is 2.09. The molecule has 0 radical (unpaired) electrons. The molecule has 0 saturated heterocycles. The molecule has 0 unspecified atom stereocenters. The van der Waals surface area contributed by atoms with Crippen LogP contribution < -0.4 is 20.5 Å². The maximum Gasteiger partial charge on any atom is 0.262 e. The second-order valence-corrected chi connectivity index (χ2v) is 9.57. The van der Waals surface area contributed by atoms with Crippen molar-refractivity contribution in [2.45, 2.75) is 24.8 Å². The lowest BCUT2D eigenvalue weighted by Crippen LogP contribution is -2.21. The van der Waals surface area contributed by atoms with E-state index in [9.17, 15) is 13.2 Å². The fourth-order valence-corrected chi connectivity index (χ4v) is 3.82. The molecule has 0 aliphatic heterocycles. The van der Waals surface area contributed by atoms with Gasteiger partial charge in [0.25, 0.3) is 5.91 Å². The summed E-state index contributed by atoms with van der Waals surface area (Å²) in [6.45, 7) is 2.99. The van der Waals surface area contributed by atoms with Crippen LogP contribution in [0.5, 0.6) is 5.75 Å².